The molecule has 0 aliphatic rings. The summed E-state index contributed by atoms with van der Waals surface area (Å²) < 4.78 is 1.11. The third kappa shape index (κ3) is 2.79. The molecule has 1 aromatic rings. The quantitative estimate of drug-likeness (QED) is 0.851. The van der Waals surface area contributed by atoms with E-state index < -0.39 is 0 Å². The topological polar surface area (TPSA) is 37.8 Å². The summed E-state index contributed by atoms with van der Waals surface area (Å²) in [5.41, 5.74) is 1.04. The predicted octanol–water partition coefficient (Wildman–Crippen LogP) is 2.52. The summed E-state index contributed by atoms with van der Waals surface area (Å²) in [6.45, 7) is 8.11. The predicted molar refractivity (Wildman–Crippen MR) is 63.0 cm³/mol. The number of nitrogens with one attached hydrogen (secondary N) is 1. The second kappa shape index (κ2) is 4.21. The van der Waals surface area contributed by atoms with Gasteiger partial charge in [-0.25, -0.2) is 9.97 Å². The lowest BCUT2D eigenvalue weighted by atomic mass is 10.3. The van der Waals surface area contributed by atoms with E-state index in [1.165, 1.54) is 0 Å². The van der Waals surface area contributed by atoms with Gasteiger partial charge in [-0.3, -0.25) is 0 Å². The standard InChI is InChI=1S/C9H14IN3/c1-5(2)11-9-8(10)6(3)12-7(4)13-9/h5H,1-4H3,(H,11,12,13). The van der Waals surface area contributed by atoms with E-state index in [1.54, 1.807) is 0 Å². The lowest BCUT2D eigenvalue weighted by molar-refractivity contribution is 0.873. The fourth-order valence-electron chi connectivity index (χ4n) is 1.07. The number of anilines is 1. The number of hydrogen-bond donors (Lipinski definition) is 1. The Kier molecular flexibility index (Phi) is 3.47. The summed E-state index contributed by atoms with van der Waals surface area (Å²) in [5, 5.41) is 3.30. The normalized spacial score (nSPS) is 10.6. The van der Waals surface area contributed by atoms with Crippen LogP contribution in [0, 0.1) is 17.4 Å². The molecule has 3 nitrogen and oxygen atoms in total. The van der Waals surface area contributed by atoms with Gasteiger partial charge in [0.05, 0.1) is 9.26 Å². The van der Waals surface area contributed by atoms with E-state index in [-0.39, 0.29) is 0 Å². The van der Waals surface area contributed by atoms with Crippen molar-refractivity contribution >= 4 is 28.4 Å². The lowest BCUT2D eigenvalue weighted by Gasteiger charge is -2.12. The summed E-state index contributed by atoms with van der Waals surface area (Å²) in [5.74, 6) is 1.77. The average molecular weight is 291 g/mol. The highest BCUT2D eigenvalue weighted by molar-refractivity contribution is 14.1. The van der Waals surface area contributed by atoms with Gasteiger partial charge in [-0.1, -0.05) is 0 Å². The molecule has 0 amide bonds. The van der Waals surface area contributed by atoms with E-state index in [4.69, 9.17) is 0 Å². The van der Waals surface area contributed by atoms with E-state index in [2.05, 4.69) is 51.7 Å². The van der Waals surface area contributed by atoms with Gasteiger partial charge in [0.2, 0.25) is 0 Å². The van der Waals surface area contributed by atoms with Crippen LogP contribution in [-0.4, -0.2) is 16.0 Å². The van der Waals surface area contributed by atoms with Gasteiger partial charge in [0.1, 0.15) is 11.6 Å². The van der Waals surface area contributed by atoms with E-state index in [1.807, 2.05) is 13.8 Å². The molecule has 72 valence electrons. The maximum absolute atomic E-state index is 4.34. The number of halogens is 1. The van der Waals surface area contributed by atoms with Crippen molar-refractivity contribution < 1.29 is 0 Å². The Labute approximate surface area is 92.5 Å². The molecule has 0 bridgehead atoms. The van der Waals surface area contributed by atoms with Crippen LogP contribution in [0.4, 0.5) is 5.82 Å². The first-order valence-electron chi connectivity index (χ1n) is 4.28. The summed E-state index contributed by atoms with van der Waals surface area (Å²) in [6, 6.07) is 0.405. The average Bonchev–Trinajstić information content (AvgIpc) is 1.98. The lowest BCUT2D eigenvalue weighted by Crippen LogP contribution is -2.14. The van der Waals surface area contributed by atoms with Crippen molar-refractivity contribution in [3.63, 3.8) is 0 Å². The van der Waals surface area contributed by atoms with Crippen molar-refractivity contribution in [2.75, 3.05) is 5.32 Å². The van der Waals surface area contributed by atoms with Gasteiger partial charge in [0.15, 0.2) is 0 Å². The molecule has 0 atom stereocenters. The molecule has 1 N–H and O–H groups in total. The molecule has 1 rings (SSSR count). The zero-order chi connectivity index (χ0) is 10.0. The molecule has 0 radical (unpaired) electrons. The largest absolute Gasteiger partial charge is 0.367 e. The second-order valence-corrected chi connectivity index (χ2v) is 4.40. The van der Waals surface area contributed by atoms with Crippen LogP contribution < -0.4 is 5.32 Å². The van der Waals surface area contributed by atoms with Crippen LogP contribution in [0.2, 0.25) is 0 Å². The summed E-state index contributed by atoms with van der Waals surface area (Å²) in [6.07, 6.45) is 0. The molecule has 4 heteroatoms. The first-order chi connectivity index (χ1) is 6.00. The Balaban J connectivity index is 3.05. The molecule has 0 saturated carbocycles. The Bertz CT molecular complexity index is 310. The van der Waals surface area contributed by atoms with Crippen molar-refractivity contribution in [3.8, 4) is 0 Å². The smallest absolute Gasteiger partial charge is 0.143 e. The van der Waals surface area contributed by atoms with Crippen molar-refractivity contribution in [2.24, 2.45) is 0 Å². The van der Waals surface area contributed by atoms with Gasteiger partial charge >= 0.3 is 0 Å². The highest BCUT2D eigenvalue weighted by atomic mass is 127. The first-order valence-corrected chi connectivity index (χ1v) is 5.36. The highest BCUT2D eigenvalue weighted by Crippen LogP contribution is 2.18. The zero-order valence-electron chi connectivity index (χ0n) is 8.35. The molecule has 0 aromatic carbocycles. The van der Waals surface area contributed by atoms with Gasteiger partial charge in [-0.15, -0.1) is 0 Å². The van der Waals surface area contributed by atoms with Crippen LogP contribution in [0.3, 0.4) is 0 Å². The highest BCUT2D eigenvalue weighted by Gasteiger charge is 2.07. The Morgan fingerprint density at radius 2 is 1.85 bits per heavy atom. The fourth-order valence-corrected chi connectivity index (χ4v) is 1.47. The third-order valence-corrected chi connectivity index (χ3v) is 2.85. The Morgan fingerprint density at radius 3 is 2.38 bits per heavy atom. The SMILES string of the molecule is Cc1nc(C)c(I)c(NC(C)C)n1. The van der Waals surface area contributed by atoms with Gasteiger partial charge in [-0.2, -0.15) is 0 Å². The number of nitrogens with zero attached hydrogens (tertiary/aromatic N) is 2. The van der Waals surface area contributed by atoms with Crippen molar-refractivity contribution in [3.05, 3.63) is 15.1 Å². The summed E-state index contributed by atoms with van der Waals surface area (Å²) >= 11 is 2.27. The van der Waals surface area contributed by atoms with Crippen molar-refractivity contribution in [2.45, 2.75) is 33.7 Å². The molecule has 0 spiro atoms. The molecular weight excluding hydrogens is 277 g/mol. The van der Waals surface area contributed by atoms with Crippen LogP contribution >= 0.6 is 22.6 Å². The maximum Gasteiger partial charge on any atom is 0.143 e. The first kappa shape index (κ1) is 10.7. The van der Waals surface area contributed by atoms with Crippen LogP contribution in [0.1, 0.15) is 25.4 Å². The number of hydrogen-bond acceptors (Lipinski definition) is 3. The maximum atomic E-state index is 4.34. The summed E-state index contributed by atoms with van der Waals surface area (Å²) in [4.78, 5) is 8.63. The third-order valence-electron chi connectivity index (χ3n) is 1.55. The molecule has 0 aliphatic heterocycles. The fraction of sp³-hybridized carbons (Fsp3) is 0.556. The van der Waals surface area contributed by atoms with Gasteiger partial charge in [-0.05, 0) is 50.3 Å². The molecule has 0 fully saturated rings. The number of aryl methyl sites for hydroxylation is 2. The van der Waals surface area contributed by atoms with E-state index in [0.717, 1.165) is 20.9 Å². The van der Waals surface area contributed by atoms with Gasteiger partial charge in [0, 0.05) is 6.04 Å². The van der Waals surface area contributed by atoms with Crippen molar-refractivity contribution in [1.82, 2.24) is 9.97 Å². The second-order valence-electron chi connectivity index (χ2n) is 3.32. The van der Waals surface area contributed by atoms with Gasteiger partial charge in [0.25, 0.3) is 0 Å². The summed E-state index contributed by atoms with van der Waals surface area (Å²) in [7, 11) is 0. The Hall–Kier alpha value is -0.390. The molecule has 0 saturated heterocycles. The minimum Gasteiger partial charge on any atom is -0.367 e. The molecule has 0 aliphatic carbocycles. The van der Waals surface area contributed by atoms with E-state index in [9.17, 15) is 0 Å². The van der Waals surface area contributed by atoms with Crippen molar-refractivity contribution in [1.29, 1.82) is 0 Å². The minimum absolute atomic E-state index is 0.405. The molecule has 1 heterocycles. The molecule has 13 heavy (non-hydrogen) atoms. The van der Waals surface area contributed by atoms with Gasteiger partial charge < -0.3 is 5.32 Å². The molecular formula is C9H14IN3. The Morgan fingerprint density at radius 1 is 1.23 bits per heavy atom. The van der Waals surface area contributed by atoms with Crippen LogP contribution in [0.15, 0.2) is 0 Å². The molecule has 1 aromatic heterocycles. The zero-order valence-corrected chi connectivity index (χ0v) is 10.5. The minimum atomic E-state index is 0.405. The van der Waals surface area contributed by atoms with E-state index >= 15 is 0 Å². The van der Waals surface area contributed by atoms with Crippen LogP contribution in [0.5, 0.6) is 0 Å². The molecule has 0 unspecified atom stereocenters. The van der Waals surface area contributed by atoms with Crippen LogP contribution in [0.25, 0.3) is 0 Å². The van der Waals surface area contributed by atoms with E-state index in [0.29, 0.717) is 6.04 Å². The monoisotopic (exact) mass is 291 g/mol. The number of aromatic nitrogens is 2. The van der Waals surface area contributed by atoms with Crippen LogP contribution in [-0.2, 0) is 0 Å². The number of rotatable bonds is 2.